The first-order valence-electron chi connectivity index (χ1n) is 5.06. The molecule has 3 heteroatoms. The van der Waals surface area contributed by atoms with Crippen molar-refractivity contribution in [1.29, 1.82) is 0 Å². The van der Waals surface area contributed by atoms with E-state index in [-0.39, 0.29) is 11.8 Å². The van der Waals surface area contributed by atoms with Crippen molar-refractivity contribution in [2.24, 2.45) is 0 Å². The topological polar surface area (TPSA) is 37.4 Å². The molecule has 0 spiro atoms. The Kier molecular flexibility index (Phi) is 2.54. The van der Waals surface area contributed by atoms with Crippen molar-refractivity contribution in [3.63, 3.8) is 0 Å². The Morgan fingerprint density at radius 1 is 1.47 bits per heavy atom. The smallest absolute Gasteiger partial charge is 0.223 e. The highest BCUT2D eigenvalue weighted by Gasteiger charge is 2.25. The zero-order valence-electron chi connectivity index (χ0n) is 8.64. The first-order chi connectivity index (χ1) is 7.24. The number of nitrogens with zero attached hydrogens (tertiary/aromatic N) is 1. The summed E-state index contributed by atoms with van der Waals surface area (Å²) in [5.74, 6) is -0.0244. The summed E-state index contributed by atoms with van der Waals surface area (Å²) < 4.78 is 0. The van der Waals surface area contributed by atoms with Crippen molar-refractivity contribution >= 4 is 17.9 Å². The maximum Gasteiger partial charge on any atom is 0.223 e. The molecule has 0 radical (unpaired) electrons. The van der Waals surface area contributed by atoms with Crippen molar-refractivity contribution in [2.75, 3.05) is 11.4 Å². The van der Waals surface area contributed by atoms with Gasteiger partial charge in [-0.3, -0.25) is 4.79 Å². The largest absolute Gasteiger partial charge is 0.312 e. The molecule has 0 aliphatic carbocycles. The minimum atomic E-state index is -0.0585. The highest BCUT2D eigenvalue weighted by molar-refractivity contribution is 5.94. The molecule has 0 saturated heterocycles. The van der Waals surface area contributed by atoms with Gasteiger partial charge in [-0.2, -0.15) is 0 Å². The van der Waals surface area contributed by atoms with Gasteiger partial charge in [-0.25, -0.2) is 0 Å². The van der Waals surface area contributed by atoms with Gasteiger partial charge in [0.05, 0.1) is 0 Å². The summed E-state index contributed by atoms with van der Waals surface area (Å²) in [5.41, 5.74) is 1.85. The summed E-state index contributed by atoms with van der Waals surface area (Å²) >= 11 is 0. The Labute approximate surface area is 88.7 Å². The molecule has 1 aliphatic rings. The van der Waals surface area contributed by atoms with Crippen LogP contribution in [-0.4, -0.2) is 18.7 Å². The molecule has 1 aromatic carbocycles. The molecule has 2 rings (SSSR count). The fourth-order valence-corrected chi connectivity index (χ4v) is 2.06. The van der Waals surface area contributed by atoms with Gasteiger partial charge in [-0.15, -0.1) is 0 Å². The van der Waals surface area contributed by atoms with E-state index in [9.17, 15) is 9.59 Å². The van der Waals surface area contributed by atoms with E-state index >= 15 is 0 Å². The van der Waals surface area contributed by atoms with E-state index in [0.717, 1.165) is 24.0 Å². The van der Waals surface area contributed by atoms with Gasteiger partial charge in [-0.05, 0) is 18.1 Å². The van der Waals surface area contributed by atoms with Crippen LogP contribution in [-0.2, 0) is 9.59 Å². The second-order valence-electron chi connectivity index (χ2n) is 3.76. The first-order valence-corrected chi connectivity index (χ1v) is 5.06. The van der Waals surface area contributed by atoms with Gasteiger partial charge >= 0.3 is 0 Å². The lowest BCUT2D eigenvalue weighted by molar-refractivity contribution is -0.117. The third kappa shape index (κ3) is 1.65. The molecule has 0 aromatic heterocycles. The molecule has 0 saturated carbocycles. The lowest BCUT2D eigenvalue weighted by atomic mass is 9.91. The summed E-state index contributed by atoms with van der Waals surface area (Å²) in [6, 6.07) is 7.61. The summed E-state index contributed by atoms with van der Waals surface area (Å²) in [7, 11) is 0. The number of carbonyl (C=O) groups is 2. The van der Waals surface area contributed by atoms with E-state index in [1.165, 1.54) is 0 Å². The number of carbonyl (C=O) groups excluding carboxylic acids is 2. The molecule has 15 heavy (non-hydrogen) atoms. The summed E-state index contributed by atoms with van der Waals surface area (Å²) in [6.45, 7) is 2.19. The third-order valence-corrected chi connectivity index (χ3v) is 2.84. The van der Waals surface area contributed by atoms with Crippen LogP contribution in [0.1, 0.15) is 24.8 Å². The number of fused-ring (bicyclic) bond motifs is 1. The van der Waals surface area contributed by atoms with E-state index in [1.54, 1.807) is 11.8 Å². The molecule has 1 aromatic rings. The van der Waals surface area contributed by atoms with Crippen LogP contribution in [0.4, 0.5) is 5.69 Å². The number of aldehydes is 1. The second kappa shape index (κ2) is 3.85. The quantitative estimate of drug-likeness (QED) is 0.652. The highest BCUT2D eigenvalue weighted by Crippen LogP contribution is 2.33. The summed E-state index contributed by atoms with van der Waals surface area (Å²) in [6.07, 6.45) is 1.69. The highest BCUT2D eigenvalue weighted by atomic mass is 16.2. The minimum Gasteiger partial charge on any atom is -0.312 e. The van der Waals surface area contributed by atoms with Crippen LogP contribution in [0.15, 0.2) is 24.3 Å². The van der Waals surface area contributed by atoms with Crippen molar-refractivity contribution in [3.05, 3.63) is 29.8 Å². The normalized spacial score (nSPS) is 19.5. The van der Waals surface area contributed by atoms with Crippen LogP contribution in [0.3, 0.4) is 0 Å². The van der Waals surface area contributed by atoms with Crippen LogP contribution in [0.25, 0.3) is 0 Å². The van der Waals surface area contributed by atoms with Gasteiger partial charge in [-0.1, -0.05) is 18.2 Å². The Balaban J connectivity index is 2.47. The lowest BCUT2D eigenvalue weighted by Crippen LogP contribution is -2.35. The zero-order valence-corrected chi connectivity index (χ0v) is 8.64. The molecule has 78 valence electrons. The predicted octanol–water partition coefficient (Wildman–Crippen LogP) is 1.73. The third-order valence-electron chi connectivity index (χ3n) is 2.84. The maximum absolute atomic E-state index is 11.4. The molecule has 0 N–H and O–H groups in total. The number of hydrogen-bond donors (Lipinski definition) is 0. The van der Waals surface area contributed by atoms with Crippen LogP contribution in [0.5, 0.6) is 0 Å². The van der Waals surface area contributed by atoms with E-state index in [4.69, 9.17) is 0 Å². The number of benzene rings is 1. The summed E-state index contributed by atoms with van der Waals surface area (Å²) in [4.78, 5) is 24.0. The van der Waals surface area contributed by atoms with Crippen molar-refractivity contribution in [3.8, 4) is 0 Å². The van der Waals surface area contributed by atoms with Crippen LogP contribution >= 0.6 is 0 Å². The Morgan fingerprint density at radius 2 is 2.20 bits per heavy atom. The average Bonchev–Trinajstić information content (AvgIpc) is 2.27. The van der Waals surface area contributed by atoms with Gasteiger partial charge in [0.2, 0.25) is 5.91 Å². The fourth-order valence-electron chi connectivity index (χ4n) is 2.06. The molecule has 1 atom stereocenters. The number of para-hydroxylation sites is 1. The van der Waals surface area contributed by atoms with Crippen molar-refractivity contribution in [1.82, 2.24) is 0 Å². The second-order valence-corrected chi connectivity index (χ2v) is 3.76. The van der Waals surface area contributed by atoms with Gasteiger partial charge < -0.3 is 9.69 Å². The average molecular weight is 203 g/mol. The fraction of sp³-hybridized carbons (Fsp3) is 0.333. The molecule has 1 amide bonds. The molecule has 3 nitrogen and oxygen atoms in total. The summed E-state index contributed by atoms with van der Waals surface area (Å²) in [5, 5.41) is 0. The van der Waals surface area contributed by atoms with Gasteiger partial charge in [0.1, 0.15) is 6.29 Å². The standard InChI is InChI=1S/C12H13NO2/c1-9(15)13-7-6-10(8-14)11-4-2-3-5-12(11)13/h2-5,8,10H,6-7H2,1H3/t10-/m0/s1. The number of amides is 1. The van der Waals surface area contributed by atoms with Gasteiger partial charge in [0.15, 0.2) is 0 Å². The molecular formula is C12H13NO2. The number of rotatable bonds is 1. The number of anilines is 1. The molecular weight excluding hydrogens is 190 g/mol. The van der Waals surface area contributed by atoms with Crippen LogP contribution in [0, 0.1) is 0 Å². The predicted molar refractivity (Wildman–Crippen MR) is 57.9 cm³/mol. The zero-order chi connectivity index (χ0) is 10.8. The van der Waals surface area contributed by atoms with E-state index in [0.29, 0.717) is 6.54 Å². The maximum atomic E-state index is 11.4. The van der Waals surface area contributed by atoms with Gasteiger partial charge in [0.25, 0.3) is 0 Å². The van der Waals surface area contributed by atoms with Crippen molar-refractivity contribution in [2.45, 2.75) is 19.3 Å². The monoisotopic (exact) mass is 203 g/mol. The molecule has 0 unspecified atom stereocenters. The van der Waals surface area contributed by atoms with Crippen LogP contribution in [0.2, 0.25) is 0 Å². The molecule has 1 aliphatic heterocycles. The minimum absolute atomic E-state index is 0.0341. The first kappa shape index (κ1) is 9.90. The Bertz CT molecular complexity index is 400. The lowest BCUT2D eigenvalue weighted by Gasteiger charge is -2.31. The van der Waals surface area contributed by atoms with E-state index < -0.39 is 0 Å². The molecule has 1 heterocycles. The van der Waals surface area contributed by atoms with E-state index in [1.807, 2.05) is 24.3 Å². The molecule has 0 fully saturated rings. The van der Waals surface area contributed by atoms with Crippen LogP contribution < -0.4 is 4.90 Å². The molecule has 0 bridgehead atoms. The Morgan fingerprint density at radius 3 is 2.87 bits per heavy atom. The number of hydrogen-bond acceptors (Lipinski definition) is 2. The van der Waals surface area contributed by atoms with E-state index in [2.05, 4.69) is 0 Å². The SMILES string of the molecule is CC(=O)N1CC[C@@H](C=O)c2ccccc21. The van der Waals surface area contributed by atoms with Gasteiger partial charge in [0, 0.05) is 25.1 Å². The van der Waals surface area contributed by atoms with Crippen molar-refractivity contribution < 1.29 is 9.59 Å². The Hall–Kier alpha value is -1.64.